The lowest BCUT2D eigenvalue weighted by Gasteiger charge is -2.29. The number of amides is 3. The van der Waals surface area contributed by atoms with Crippen molar-refractivity contribution < 1.29 is 18.7 Å². The summed E-state index contributed by atoms with van der Waals surface area (Å²) < 4.78 is 11.2. The molecule has 0 radical (unpaired) electrons. The molecule has 2 rings (SSSR count). The second kappa shape index (κ2) is 11.7. The topological polar surface area (TPSA) is 75.0 Å². The first kappa shape index (κ1) is 22.3. The largest absolute Gasteiger partial charge is 0.467 e. The van der Waals surface area contributed by atoms with E-state index < -0.39 is 0 Å². The normalized spacial score (nSPS) is 16.4. The SMILES string of the molecule is CCCCNC(=O)N(CC(=O)N(Cc1ccco1)CC1CCCO1)CC(C)C. The number of urea groups is 1. The maximum Gasteiger partial charge on any atom is 0.317 e. The van der Waals surface area contributed by atoms with Gasteiger partial charge in [0, 0.05) is 26.2 Å². The van der Waals surface area contributed by atoms with Gasteiger partial charge in [-0.2, -0.15) is 0 Å². The second-order valence-corrected chi connectivity index (χ2v) is 7.85. The molecular weight excluding hydrogens is 358 g/mol. The quantitative estimate of drug-likeness (QED) is 0.586. The van der Waals surface area contributed by atoms with Crippen molar-refractivity contribution in [2.24, 2.45) is 5.92 Å². The summed E-state index contributed by atoms with van der Waals surface area (Å²) in [6, 6.07) is 3.50. The summed E-state index contributed by atoms with van der Waals surface area (Å²) in [5, 5.41) is 2.93. The maximum atomic E-state index is 13.1. The number of hydrogen-bond acceptors (Lipinski definition) is 4. The molecule has 1 aromatic rings. The molecule has 7 heteroatoms. The summed E-state index contributed by atoms with van der Waals surface area (Å²) in [6.45, 7) is 9.05. The highest BCUT2D eigenvalue weighted by Gasteiger charge is 2.26. The van der Waals surface area contributed by atoms with E-state index in [1.54, 1.807) is 16.1 Å². The Morgan fingerprint density at radius 3 is 2.75 bits per heavy atom. The third-order valence-corrected chi connectivity index (χ3v) is 4.73. The lowest BCUT2D eigenvalue weighted by atomic mass is 10.2. The average molecular weight is 394 g/mol. The minimum Gasteiger partial charge on any atom is -0.467 e. The van der Waals surface area contributed by atoms with Crippen LogP contribution in [0, 0.1) is 5.92 Å². The highest BCUT2D eigenvalue weighted by molar-refractivity contribution is 5.84. The Morgan fingerprint density at radius 1 is 1.32 bits per heavy atom. The zero-order chi connectivity index (χ0) is 20.4. The molecule has 1 aliphatic heterocycles. The van der Waals surface area contributed by atoms with Gasteiger partial charge in [0.25, 0.3) is 0 Å². The van der Waals surface area contributed by atoms with Crippen LogP contribution in [0.1, 0.15) is 52.2 Å². The van der Waals surface area contributed by atoms with Crippen molar-refractivity contribution in [2.45, 2.75) is 59.1 Å². The summed E-state index contributed by atoms with van der Waals surface area (Å²) >= 11 is 0. The third kappa shape index (κ3) is 7.54. The molecule has 1 fully saturated rings. The van der Waals surface area contributed by atoms with Crippen molar-refractivity contribution in [1.29, 1.82) is 0 Å². The van der Waals surface area contributed by atoms with Crippen LogP contribution in [-0.4, -0.2) is 60.6 Å². The summed E-state index contributed by atoms with van der Waals surface area (Å²) in [5.41, 5.74) is 0. The number of unbranched alkanes of at least 4 members (excludes halogenated alkanes) is 1. The van der Waals surface area contributed by atoms with Gasteiger partial charge < -0.3 is 24.3 Å². The van der Waals surface area contributed by atoms with Crippen molar-refractivity contribution in [3.63, 3.8) is 0 Å². The molecule has 1 aromatic heterocycles. The lowest BCUT2D eigenvalue weighted by molar-refractivity contribution is -0.134. The first-order valence-corrected chi connectivity index (χ1v) is 10.4. The number of nitrogens with one attached hydrogen (secondary N) is 1. The summed E-state index contributed by atoms with van der Waals surface area (Å²) in [7, 11) is 0. The monoisotopic (exact) mass is 393 g/mol. The molecule has 1 saturated heterocycles. The van der Waals surface area contributed by atoms with Crippen LogP contribution in [0.25, 0.3) is 0 Å². The van der Waals surface area contributed by atoms with Crippen LogP contribution in [0.3, 0.4) is 0 Å². The Labute approximate surface area is 168 Å². The second-order valence-electron chi connectivity index (χ2n) is 7.85. The van der Waals surface area contributed by atoms with E-state index in [2.05, 4.69) is 12.2 Å². The van der Waals surface area contributed by atoms with Crippen LogP contribution in [0.15, 0.2) is 22.8 Å². The summed E-state index contributed by atoms with van der Waals surface area (Å²) in [4.78, 5) is 29.0. The molecule has 0 aromatic carbocycles. The fraction of sp³-hybridized carbons (Fsp3) is 0.714. The van der Waals surface area contributed by atoms with Gasteiger partial charge in [0.15, 0.2) is 0 Å². The molecule has 1 unspecified atom stereocenters. The molecule has 1 N–H and O–H groups in total. The number of carbonyl (C=O) groups is 2. The average Bonchev–Trinajstić information content (AvgIpc) is 3.34. The van der Waals surface area contributed by atoms with Gasteiger partial charge in [-0.15, -0.1) is 0 Å². The third-order valence-electron chi connectivity index (χ3n) is 4.73. The number of hydrogen-bond donors (Lipinski definition) is 1. The van der Waals surface area contributed by atoms with Gasteiger partial charge in [-0.25, -0.2) is 4.79 Å². The number of nitrogens with zero attached hydrogens (tertiary/aromatic N) is 2. The van der Waals surface area contributed by atoms with Crippen molar-refractivity contribution >= 4 is 11.9 Å². The Balaban J connectivity index is 2.02. The first-order valence-electron chi connectivity index (χ1n) is 10.4. The zero-order valence-electron chi connectivity index (χ0n) is 17.5. The van der Waals surface area contributed by atoms with Gasteiger partial charge in [0.05, 0.1) is 18.9 Å². The van der Waals surface area contributed by atoms with E-state index in [4.69, 9.17) is 9.15 Å². The van der Waals surface area contributed by atoms with Gasteiger partial charge in [-0.1, -0.05) is 27.2 Å². The molecule has 0 spiro atoms. The fourth-order valence-corrected chi connectivity index (χ4v) is 3.29. The highest BCUT2D eigenvalue weighted by atomic mass is 16.5. The lowest BCUT2D eigenvalue weighted by Crippen LogP contribution is -2.49. The highest BCUT2D eigenvalue weighted by Crippen LogP contribution is 2.16. The van der Waals surface area contributed by atoms with Gasteiger partial charge in [-0.3, -0.25) is 4.79 Å². The predicted molar refractivity (Wildman–Crippen MR) is 108 cm³/mol. The molecule has 158 valence electrons. The van der Waals surface area contributed by atoms with Crippen LogP contribution in [0.4, 0.5) is 4.79 Å². The Morgan fingerprint density at radius 2 is 2.14 bits per heavy atom. The number of furan rings is 1. The standard InChI is InChI=1S/C21H35N3O4/c1-4-5-10-22-21(26)24(13-17(2)3)16-20(25)23(14-18-8-6-11-27-18)15-19-9-7-12-28-19/h6,8,11,17,19H,4-5,7,9-10,12-16H2,1-3H3,(H,22,26). The van der Waals surface area contributed by atoms with Gasteiger partial charge in [0.1, 0.15) is 12.3 Å². The Kier molecular flexibility index (Phi) is 9.34. The van der Waals surface area contributed by atoms with Gasteiger partial charge >= 0.3 is 6.03 Å². The molecule has 1 aliphatic rings. The van der Waals surface area contributed by atoms with E-state index in [9.17, 15) is 9.59 Å². The first-order chi connectivity index (χ1) is 13.5. The van der Waals surface area contributed by atoms with Crippen molar-refractivity contribution in [3.8, 4) is 0 Å². The van der Waals surface area contributed by atoms with Crippen LogP contribution >= 0.6 is 0 Å². The van der Waals surface area contributed by atoms with Gasteiger partial charge in [0.2, 0.25) is 5.91 Å². The number of carbonyl (C=O) groups excluding carboxylic acids is 2. The van der Waals surface area contributed by atoms with E-state index in [-0.39, 0.29) is 30.5 Å². The maximum absolute atomic E-state index is 13.1. The van der Waals surface area contributed by atoms with E-state index in [0.29, 0.717) is 26.2 Å². The number of ether oxygens (including phenoxy) is 1. The molecule has 0 bridgehead atoms. The predicted octanol–water partition coefficient (Wildman–Crippen LogP) is 3.25. The molecule has 28 heavy (non-hydrogen) atoms. The summed E-state index contributed by atoms with van der Waals surface area (Å²) in [6.07, 6.45) is 5.58. The molecule has 7 nitrogen and oxygen atoms in total. The van der Waals surface area contributed by atoms with E-state index in [1.807, 2.05) is 26.0 Å². The van der Waals surface area contributed by atoms with Crippen LogP contribution < -0.4 is 5.32 Å². The minimum absolute atomic E-state index is 0.0517. The van der Waals surface area contributed by atoms with E-state index >= 15 is 0 Å². The van der Waals surface area contributed by atoms with Crippen molar-refractivity contribution in [2.75, 3.05) is 32.8 Å². The van der Waals surface area contributed by atoms with Crippen LogP contribution in [0.5, 0.6) is 0 Å². The van der Waals surface area contributed by atoms with Crippen molar-refractivity contribution in [3.05, 3.63) is 24.2 Å². The van der Waals surface area contributed by atoms with Crippen LogP contribution in [-0.2, 0) is 16.1 Å². The van der Waals surface area contributed by atoms with Crippen LogP contribution in [0.2, 0.25) is 0 Å². The minimum atomic E-state index is -0.175. The Bertz CT molecular complexity index is 582. The molecule has 1 atom stereocenters. The Hall–Kier alpha value is -2.02. The smallest absolute Gasteiger partial charge is 0.317 e. The molecule has 2 heterocycles. The molecular formula is C21H35N3O4. The molecule has 3 amide bonds. The van der Waals surface area contributed by atoms with Gasteiger partial charge in [-0.05, 0) is 37.3 Å². The van der Waals surface area contributed by atoms with E-state index in [0.717, 1.165) is 38.1 Å². The molecule has 0 aliphatic carbocycles. The zero-order valence-corrected chi connectivity index (χ0v) is 17.5. The number of rotatable bonds is 11. The van der Waals surface area contributed by atoms with E-state index in [1.165, 1.54) is 0 Å². The van der Waals surface area contributed by atoms with Crippen molar-refractivity contribution in [1.82, 2.24) is 15.1 Å². The summed E-state index contributed by atoms with van der Waals surface area (Å²) in [5.74, 6) is 0.925. The fourth-order valence-electron chi connectivity index (χ4n) is 3.29. The molecule has 0 saturated carbocycles.